The lowest BCUT2D eigenvalue weighted by molar-refractivity contribution is -0.117. The van der Waals surface area contributed by atoms with Crippen molar-refractivity contribution < 1.29 is 14.4 Å². The van der Waals surface area contributed by atoms with E-state index in [9.17, 15) is 14.4 Å². The van der Waals surface area contributed by atoms with Crippen LogP contribution in [0.4, 0.5) is 11.4 Å². The number of amides is 3. The molecule has 0 aromatic heterocycles. The largest absolute Gasteiger partial charge is 0.349 e. The predicted molar refractivity (Wildman–Crippen MR) is 103 cm³/mol. The zero-order chi connectivity index (χ0) is 18.8. The number of carbonyl (C=O) groups excluding carboxylic acids is 3. The van der Waals surface area contributed by atoms with Gasteiger partial charge >= 0.3 is 0 Å². The third kappa shape index (κ3) is 4.53. The highest BCUT2D eigenvalue weighted by molar-refractivity contribution is 6.06. The predicted octanol–water partition coefficient (Wildman–Crippen LogP) is 3.18. The molecule has 3 N–H and O–H groups in total. The monoisotopic (exact) mass is 363 g/mol. The van der Waals surface area contributed by atoms with E-state index >= 15 is 0 Å². The molecule has 0 aliphatic heterocycles. The lowest BCUT2D eigenvalue weighted by Gasteiger charge is -2.09. The maximum absolute atomic E-state index is 12.5. The fourth-order valence-corrected chi connectivity index (χ4v) is 2.77. The molecule has 2 aliphatic carbocycles. The molecule has 0 saturated heterocycles. The summed E-state index contributed by atoms with van der Waals surface area (Å²) in [6.07, 6.45) is 3.90. The molecule has 3 amide bonds. The second-order valence-electron chi connectivity index (χ2n) is 7.13. The van der Waals surface area contributed by atoms with Crippen LogP contribution in [-0.2, 0) is 4.79 Å². The van der Waals surface area contributed by atoms with Gasteiger partial charge in [-0.25, -0.2) is 0 Å². The second kappa shape index (κ2) is 7.23. The molecule has 0 heterocycles. The van der Waals surface area contributed by atoms with Gasteiger partial charge in [0, 0.05) is 34.5 Å². The van der Waals surface area contributed by atoms with E-state index in [0.29, 0.717) is 22.5 Å². The smallest absolute Gasteiger partial charge is 0.255 e. The van der Waals surface area contributed by atoms with Gasteiger partial charge in [-0.1, -0.05) is 12.1 Å². The van der Waals surface area contributed by atoms with Crippen LogP contribution in [0.15, 0.2) is 48.5 Å². The molecule has 0 unspecified atom stereocenters. The van der Waals surface area contributed by atoms with Crippen molar-refractivity contribution in [3.8, 4) is 0 Å². The van der Waals surface area contributed by atoms with Gasteiger partial charge in [0.2, 0.25) is 5.91 Å². The Labute approximate surface area is 157 Å². The van der Waals surface area contributed by atoms with E-state index in [2.05, 4.69) is 16.0 Å². The van der Waals surface area contributed by atoms with E-state index in [-0.39, 0.29) is 29.7 Å². The number of carbonyl (C=O) groups is 3. The number of rotatable bonds is 6. The molecule has 6 heteroatoms. The lowest BCUT2D eigenvalue weighted by atomic mass is 10.1. The minimum absolute atomic E-state index is 0.00179. The Morgan fingerprint density at radius 2 is 1.33 bits per heavy atom. The van der Waals surface area contributed by atoms with Gasteiger partial charge in [-0.3, -0.25) is 14.4 Å². The van der Waals surface area contributed by atoms with Gasteiger partial charge in [-0.2, -0.15) is 0 Å². The van der Waals surface area contributed by atoms with Gasteiger partial charge in [0.15, 0.2) is 0 Å². The van der Waals surface area contributed by atoms with Gasteiger partial charge in [-0.05, 0) is 62.1 Å². The summed E-state index contributed by atoms with van der Waals surface area (Å²) in [5.41, 5.74) is 2.12. The van der Waals surface area contributed by atoms with Gasteiger partial charge in [-0.15, -0.1) is 0 Å². The van der Waals surface area contributed by atoms with Crippen LogP contribution in [0.5, 0.6) is 0 Å². The summed E-state index contributed by atoms with van der Waals surface area (Å²) in [6, 6.07) is 14.0. The Morgan fingerprint density at radius 1 is 0.741 bits per heavy atom. The topological polar surface area (TPSA) is 87.3 Å². The molecule has 0 radical (unpaired) electrons. The number of nitrogens with one attached hydrogen (secondary N) is 3. The lowest BCUT2D eigenvalue weighted by Crippen LogP contribution is -2.25. The minimum Gasteiger partial charge on any atom is -0.349 e. The van der Waals surface area contributed by atoms with Gasteiger partial charge in [0.25, 0.3) is 11.8 Å². The molecule has 6 nitrogen and oxygen atoms in total. The first-order chi connectivity index (χ1) is 13.1. The summed E-state index contributed by atoms with van der Waals surface area (Å²) >= 11 is 0. The van der Waals surface area contributed by atoms with Gasteiger partial charge in [0.1, 0.15) is 0 Å². The SMILES string of the molecule is O=C(Nc1cccc(C(=O)NC2CC2)c1)c1cccc(NC(=O)C2CC2)c1. The van der Waals surface area contributed by atoms with Crippen LogP contribution in [0.1, 0.15) is 46.4 Å². The van der Waals surface area contributed by atoms with Crippen LogP contribution in [0, 0.1) is 5.92 Å². The molecular formula is C21H21N3O3. The maximum Gasteiger partial charge on any atom is 0.255 e. The molecule has 2 aromatic carbocycles. The summed E-state index contributed by atoms with van der Waals surface area (Å²) in [5.74, 6) is -0.315. The van der Waals surface area contributed by atoms with E-state index in [1.165, 1.54) is 0 Å². The molecule has 2 aromatic rings. The Kier molecular flexibility index (Phi) is 4.62. The van der Waals surface area contributed by atoms with Crippen molar-refractivity contribution in [3.05, 3.63) is 59.7 Å². The zero-order valence-corrected chi connectivity index (χ0v) is 14.8. The third-order valence-electron chi connectivity index (χ3n) is 4.64. The number of hydrogen-bond donors (Lipinski definition) is 3. The Morgan fingerprint density at radius 3 is 1.93 bits per heavy atom. The molecule has 4 rings (SSSR count). The summed E-state index contributed by atoms with van der Waals surface area (Å²) < 4.78 is 0. The van der Waals surface area contributed by atoms with Crippen LogP contribution >= 0.6 is 0 Å². The normalized spacial score (nSPS) is 15.7. The van der Waals surface area contributed by atoms with Crippen LogP contribution in [0.3, 0.4) is 0 Å². The average molecular weight is 363 g/mol. The number of hydrogen-bond acceptors (Lipinski definition) is 3. The second-order valence-corrected chi connectivity index (χ2v) is 7.13. The van der Waals surface area contributed by atoms with Crippen LogP contribution < -0.4 is 16.0 Å². The molecule has 0 bridgehead atoms. The summed E-state index contributed by atoms with van der Waals surface area (Å²) in [5, 5.41) is 8.58. The van der Waals surface area contributed by atoms with Crippen LogP contribution in [0.2, 0.25) is 0 Å². The highest BCUT2D eigenvalue weighted by Gasteiger charge is 2.29. The van der Waals surface area contributed by atoms with Crippen molar-refractivity contribution in [2.75, 3.05) is 10.6 Å². The van der Waals surface area contributed by atoms with Crippen molar-refractivity contribution in [1.29, 1.82) is 0 Å². The fourth-order valence-electron chi connectivity index (χ4n) is 2.77. The maximum atomic E-state index is 12.5. The van der Waals surface area contributed by atoms with E-state index < -0.39 is 0 Å². The highest BCUT2D eigenvalue weighted by atomic mass is 16.2. The van der Waals surface area contributed by atoms with Crippen molar-refractivity contribution in [2.45, 2.75) is 31.7 Å². The van der Waals surface area contributed by atoms with Gasteiger partial charge in [0.05, 0.1) is 0 Å². The first-order valence-corrected chi connectivity index (χ1v) is 9.22. The standard InChI is InChI=1S/C21H21N3O3/c25-19(13-7-8-13)23-17-5-2-4-15(12-17)21(27)24-18-6-1-3-14(11-18)20(26)22-16-9-10-16/h1-6,11-13,16H,7-10H2,(H,22,26)(H,23,25)(H,24,27). The van der Waals surface area contributed by atoms with Crippen molar-refractivity contribution in [1.82, 2.24) is 5.32 Å². The van der Waals surface area contributed by atoms with Crippen molar-refractivity contribution in [2.24, 2.45) is 5.92 Å². The molecule has 27 heavy (non-hydrogen) atoms. The first kappa shape index (κ1) is 17.3. The molecular weight excluding hydrogens is 342 g/mol. The molecule has 2 saturated carbocycles. The molecule has 2 aliphatic rings. The third-order valence-corrected chi connectivity index (χ3v) is 4.64. The van der Waals surface area contributed by atoms with Crippen LogP contribution in [-0.4, -0.2) is 23.8 Å². The average Bonchev–Trinajstić information content (AvgIpc) is 3.55. The van der Waals surface area contributed by atoms with Crippen molar-refractivity contribution >= 4 is 29.1 Å². The number of anilines is 2. The summed E-state index contributed by atoms with van der Waals surface area (Å²) in [6.45, 7) is 0. The van der Waals surface area contributed by atoms with Crippen molar-refractivity contribution in [3.63, 3.8) is 0 Å². The summed E-state index contributed by atoms with van der Waals surface area (Å²) in [4.78, 5) is 36.6. The number of benzene rings is 2. The Bertz CT molecular complexity index is 901. The van der Waals surface area contributed by atoms with Crippen LogP contribution in [0.25, 0.3) is 0 Å². The van der Waals surface area contributed by atoms with E-state index in [1.807, 2.05) is 0 Å². The Balaban J connectivity index is 1.42. The summed E-state index contributed by atoms with van der Waals surface area (Å²) in [7, 11) is 0. The van der Waals surface area contributed by atoms with E-state index in [1.54, 1.807) is 48.5 Å². The molecule has 2 fully saturated rings. The molecule has 138 valence electrons. The zero-order valence-electron chi connectivity index (χ0n) is 14.8. The fraction of sp³-hybridized carbons (Fsp3) is 0.286. The van der Waals surface area contributed by atoms with E-state index in [0.717, 1.165) is 25.7 Å². The van der Waals surface area contributed by atoms with Gasteiger partial charge < -0.3 is 16.0 Å². The highest BCUT2D eigenvalue weighted by Crippen LogP contribution is 2.30. The quantitative estimate of drug-likeness (QED) is 0.737. The Hall–Kier alpha value is -3.15. The minimum atomic E-state index is -0.294. The van der Waals surface area contributed by atoms with E-state index in [4.69, 9.17) is 0 Å². The molecule has 0 spiro atoms. The molecule has 0 atom stereocenters. The first-order valence-electron chi connectivity index (χ1n) is 9.22.